The predicted octanol–water partition coefficient (Wildman–Crippen LogP) is 2.34. The lowest BCUT2D eigenvalue weighted by Crippen LogP contribution is -2.17. The van der Waals surface area contributed by atoms with Crippen molar-refractivity contribution >= 4 is 21.7 Å². The first kappa shape index (κ1) is 16.0. The number of sulfonamides is 1. The molecule has 118 valence electrons. The monoisotopic (exact) mass is 323 g/mol. The Morgan fingerprint density at radius 2 is 2.05 bits per heavy atom. The van der Waals surface area contributed by atoms with Gasteiger partial charge in [0.1, 0.15) is 5.82 Å². The molecule has 1 heterocycles. The van der Waals surface area contributed by atoms with Crippen molar-refractivity contribution in [2.45, 2.75) is 31.7 Å². The molecular formula is C14H17N3O4S. The third-order valence-corrected chi connectivity index (χ3v) is 4.41. The number of aromatic carboxylic acids is 1. The molecule has 0 aliphatic carbocycles. The van der Waals surface area contributed by atoms with Crippen molar-refractivity contribution in [3.8, 4) is 0 Å². The third kappa shape index (κ3) is 3.11. The number of aryl methyl sites for hydroxylation is 1. The number of H-pyrrole nitrogens is 1. The molecule has 0 bridgehead atoms. The largest absolute Gasteiger partial charge is 0.478 e. The van der Waals surface area contributed by atoms with Crippen molar-refractivity contribution in [2.75, 3.05) is 4.72 Å². The summed E-state index contributed by atoms with van der Waals surface area (Å²) in [4.78, 5) is 18.0. The highest BCUT2D eigenvalue weighted by atomic mass is 32.2. The average Bonchev–Trinajstić information content (AvgIpc) is 2.91. The van der Waals surface area contributed by atoms with E-state index in [1.54, 1.807) is 19.1 Å². The first-order valence-corrected chi connectivity index (χ1v) is 8.11. The molecule has 2 rings (SSSR count). The highest BCUT2D eigenvalue weighted by Crippen LogP contribution is 2.24. The lowest BCUT2D eigenvalue weighted by Gasteiger charge is -2.12. The van der Waals surface area contributed by atoms with Gasteiger partial charge < -0.3 is 10.1 Å². The van der Waals surface area contributed by atoms with Gasteiger partial charge in [0.05, 0.1) is 17.4 Å². The SMILES string of the molecule is Cc1cccc(C(=O)O)c1NS(=O)(=O)c1cnc(C(C)C)[nH]1. The summed E-state index contributed by atoms with van der Waals surface area (Å²) >= 11 is 0. The van der Waals surface area contributed by atoms with Crippen LogP contribution in [-0.2, 0) is 10.0 Å². The molecule has 0 fully saturated rings. The smallest absolute Gasteiger partial charge is 0.337 e. The van der Waals surface area contributed by atoms with Gasteiger partial charge in [-0.05, 0) is 18.6 Å². The number of benzene rings is 1. The van der Waals surface area contributed by atoms with Gasteiger partial charge in [0.25, 0.3) is 10.0 Å². The zero-order chi connectivity index (χ0) is 16.5. The van der Waals surface area contributed by atoms with Gasteiger partial charge in [0.15, 0.2) is 5.03 Å². The van der Waals surface area contributed by atoms with Gasteiger partial charge in [-0.3, -0.25) is 4.72 Å². The summed E-state index contributed by atoms with van der Waals surface area (Å²) in [5, 5.41) is 9.08. The van der Waals surface area contributed by atoms with Crippen LogP contribution < -0.4 is 4.72 Å². The number of carboxylic acids is 1. The Morgan fingerprint density at radius 3 is 2.59 bits per heavy atom. The number of hydrogen-bond donors (Lipinski definition) is 3. The highest BCUT2D eigenvalue weighted by Gasteiger charge is 2.22. The molecule has 3 N–H and O–H groups in total. The van der Waals surface area contributed by atoms with Crippen LogP contribution in [0, 0.1) is 6.92 Å². The van der Waals surface area contributed by atoms with Crippen LogP contribution in [0.4, 0.5) is 5.69 Å². The van der Waals surface area contributed by atoms with E-state index < -0.39 is 16.0 Å². The zero-order valence-electron chi connectivity index (χ0n) is 12.4. The Balaban J connectivity index is 2.43. The Labute approximate surface area is 128 Å². The number of imidazole rings is 1. The van der Waals surface area contributed by atoms with Crippen molar-refractivity contribution < 1.29 is 18.3 Å². The van der Waals surface area contributed by atoms with Crippen molar-refractivity contribution in [3.63, 3.8) is 0 Å². The van der Waals surface area contributed by atoms with E-state index in [1.807, 2.05) is 13.8 Å². The number of nitrogens with one attached hydrogen (secondary N) is 2. The van der Waals surface area contributed by atoms with Crippen LogP contribution in [0.2, 0.25) is 0 Å². The minimum absolute atomic E-state index is 0.0516. The summed E-state index contributed by atoms with van der Waals surface area (Å²) < 4.78 is 27.1. The maximum absolute atomic E-state index is 12.4. The van der Waals surface area contributed by atoms with Gasteiger partial charge in [-0.15, -0.1) is 0 Å². The number of aromatic nitrogens is 2. The van der Waals surface area contributed by atoms with Gasteiger partial charge in [-0.2, -0.15) is 8.42 Å². The molecule has 0 spiro atoms. The molecular weight excluding hydrogens is 306 g/mol. The normalized spacial score (nSPS) is 11.6. The second-order valence-electron chi connectivity index (χ2n) is 5.20. The third-order valence-electron chi connectivity index (χ3n) is 3.15. The van der Waals surface area contributed by atoms with E-state index in [-0.39, 0.29) is 22.2 Å². The first-order valence-electron chi connectivity index (χ1n) is 6.63. The molecule has 7 nitrogen and oxygen atoms in total. The summed E-state index contributed by atoms with van der Waals surface area (Å²) in [6.45, 7) is 5.40. The Morgan fingerprint density at radius 1 is 1.36 bits per heavy atom. The second-order valence-corrected chi connectivity index (χ2v) is 6.85. The quantitative estimate of drug-likeness (QED) is 0.782. The highest BCUT2D eigenvalue weighted by molar-refractivity contribution is 7.92. The number of rotatable bonds is 5. The maximum Gasteiger partial charge on any atom is 0.337 e. The summed E-state index contributed by atoms with van der Waals surface area (Å²) in [5.74, 6) is -0.602. The van der Waals surface area contributed by atoms with E-state index in [0.717, 1.165) is 0 Å². The maximum atomic E-state index is 12.4. The van der Waals surface area contributed by atoms with Crippen molar-refractivity contribution in [1.29, 1.82) is 0 Å². The number of anilines is 1. The second kappa shape index (κ2) is 5.80. The van der Waals surface area contributed by atoms with Crippen LogP contribution in [0.5, 0.6) is 0 Å². The van der Waals surface area contributed by atoms with E-state index in [0.29, 0.717) is 11.4 Å². The van der Waals surface area contributed by atoms with Gasteiger partial charge >= 0.3 is 5.97 Å². The Bertz CT molecular complexity index is 809. The lowest BCUT2D eigenvalue weighted by atomic mass is 10.1. The van der Waals surface area contributed by atoms with Gasteiger partial charge in [-0.25, -0.2) is 9.78 Å². The van der Waals surface area contributed by atoms with E-state index in [9.17, 15) is 18.3 Å². The first-order chi connectivity index (χ1) is 10.2. The molecule has 0 radical (unpaired) electrons. The molecule has 22 heavy (non-hydrogen) atoms. The molecule has 0 saturated carbocycles. The molecule has 0 atom stereocenters. The summed E-state index contributed by atoms with van der Waals surface area (Å²) in [6, 6.07) is 4.54. The molecule has 2 aromatic rings. The van der Waals surface area contributed by atoms with E-state index in [2.05, 4.69) is 14.7 Å². The summed E-state index contributed by atoms with van der Waals surface area (Å²) in [5.41, 5.74) is 0.468. The number of aromatic amines is 1. The number of nitrogens with zero attached hydrogens (tertiary/aromatic N) is 1. The molecule has 0 aliphatic heterocycles. The Kier molecular flexibility index (Phi) is 4.23. The fourth-order valence-electron chi connectivity index (χ4n) is 1.92. The fourth-order valence-corrected chi connectivity index (χ4v) is 3.00. The predicted molar refractivity (Wildman–Crippen MR) is 81.6 cm³/mol. The van der Waals surface area contributed by atoms with Crippen molar-refractivity contribution in [2.24, 2.45) is 0 Å². The molecule has 8 heteroatoms. The molecule has 0 amide bonds. The van der Waals surface area contributed by atoms with Crippen LogP contribution in [0.25, 0.3) is 0 Å². The van der Waals surface area contributed by atoms with Crippen LogP contribution in [0.3, 0.4) is 0 Å². The summed E-state index contributed by atoms with van der Waals surface area (Å²) in [6.07, 6.45) is 1.22. The minimum Gasteiger partial charge on any atom is -0.478 e. The number of hydrogen-bond acceptors (Lipinski definition) is 4. The standard InChI is InChI=1S/C14H17N3O4S/c1-8(2)13-15-7-11(16-13)22(20,21)17-12-9(3)5-4-6-10(12)14(18)19/h4-8,17H,1-3H3,(H,15,16)(H,18,19). The van der Waals surface area contributed by atoms with E-state index in [1.165, 1.54) is 12.3 Å². The van der Waals surface area contributed by atoms with E-state index >= 15 is 0 Å². The van der Waals surface area contributed by atoms with Crippen LogP contribution in [0.15, 0.2) is 29.4 Å². The Hall–Kier alpha value is -2.35. The number of para-hydroxylation sites is 1. The minimum atomic E-state index is -3.94. The lowest BCUT2D eigenvalue weighted by molar-refractivity contribution is 0.0698. The van der Waals surface area contributed by atoms with Crippen molar-refractivity contribution in [1.82, 2.24) is 9.97 Å². The molecule has 0 aliphatic rings. The topological polar surface area (TPSA) is 112 Å². The number of carbonyl (C=O) groups is 1. The fraction of sp³-hybridized carbons (Fsp3) is 0.286. The molecule has 1 aromatic carbocycles. The van der Waals surface area contributed by atoms with E-state index in [4.69, 9.17) is 0 Å². The van der Waals surface area contributed by atoms with Crippen LogP contribution in [0.1, 0.15) is 41.5 Å². The average molecular weight is 323 g/mol. The number of carboxylic acid groups (broad SMARTS) is 1. The molecule has 0 saturated heterocycles. The van der Waals surface area contributed by atoms with Gasteiger partial charge in [0.2, 0.25) is 0 Å². The van der Waals surface area contributed by atoms with Crippen LogP contribution in [-0.4, -0.2) is 29.5 Å². The molecule has 0 unspecified atom stereocenters. The van der Waals surface area contributed by atoms with Gasteiger partial charge in [0, 0.05) is 5.92 Å². The van der Waals surface area contributed by atoms with Crippen molar-refractivity contribution in [3.05, 3.63) is 41.3 Å². The van der Waals surface area contributed by atoms with Gasteiger partial charge in [-0.1, -0.05) is 26.0 Å². The van der Waals surface area contributed by atoms with Crippen LogP contribution >= 0.6 is 0 Å². The summed E-state index contributed by atoms with van der Waals surface area (Å²) in [7, 11) is -3.94. The zero-order valence-corrected chi connectivity index (χ0v) is 13.2. The molecule has 1 aromatic heterocycles.